The molecule has 1 unspecified atom stereocenters. The van der Waals surface area contributed by atoms with E-state index < -0.39 is 0 Å². The van der Waals surface area contributed by atoms with E-state index in [9.17, 15) is 4.79 Å². The number of benzene rings is 3. The fourth-order valence-electron chi connectivity index (χ4n) is 4.16. The van der Waals surface area contributed by atoms with Gasteiger partial charge in [0.15, 0.2) is 0 Å². The first-order valence-corrected chi connectivity index (χ1v) is 11.0. The van der Waals surface area contributed by atoms with Crippen LogP contribution in [0.2, 0.25) is 5.02 Å². The number of nitrogens with zero attached hydrogens (tertiary/aromatic N) is 3. The third-order valence-corrected chi connectivity index (χ3v) is 6.25. The number of fused-ring (bicyclic) bond motifs is 1. The van der Waals surface area contributed by atoms with Gasteiger partial charge in [0.05, 0.1) is 11.0 Å². The van der Waals surface area contributed by atoms with Gasteiger partial charge in [0, 0.05) is 40.6 Å². The Morgan fingerprint density at radius 3 is 2.70 bits per heavy atom. The Balaban J connectivity index is 1.53. The van der Waals surface area contributed by atoms with Crippen LogP contribution in [-0.2, 0) is 11.3 Å². The van der Waals surface area contributed by atoms with Gasteiger partial charge in [0.25, 0.3) is 0 Å². The lowest BCUT2D eigenvalue weighted by atomic mass is 10.1. The van der Waals surface area contributed by atoms with E-state index in [1.54, 1.807) is 0 Å². The highest BCUT2D eigenvalue weighted by Gasteiger charge is 2.34. The van der Waals surface area contributed by atoms with E-state index in [-0.39, 0.29) is 11.8 Å². The quantitative estimate of drug-likeness (QED) is 0.358. The first-order valence-electron chi connectivity index (χ1n) is 9.84. The van der Waals surface area contributed by atoms with Crippen molar-refractivity contribution in [2.75, 3.05) is 11.4 Å². The zero-order chi connectivity index (χ0) is 20.7. The number of rotatable bonds is 4. The molecule has 1 aliphatic heterocycles. The number of aromatic nitrogens is 2. The first kappa shape index (κ1) is 19.3. The normalized spacial score (nSPS) is 16.5. The van der Waals surface area contributed by atoms with E-state index in [1.165, 1.54) is 0 Å². The van der Waals surface area contributed by atoms with Gasteiger partial charge < -0.3 is 9.47 Å². The maximum atomic E-state index is 12.9. The SMILES string of the molecule is O=C1CC(c2nc3ccccc3n2Cc2cccc(Cl)c2)CN1c1cccc(Br)c1. The van der Waals surface area contributed by atoms with Crippen molar-refractivity contribution in [2.45, 2.75) is 18.9 Å². The van der Waals surface area contributed by atoms with Gasteiger partial charge in [-0.15, -0.1) is 0 Å². The van der Waals surface area contributed by atoms with Crippen LogP contribution in [0.4, 0.5) is 5.69 Å². The highest BCUT2D eigenvalue weighted by Crippen LogP contribution is 2.34. The molecular weight excluding hydrogens is 462 g/mol. The number of anilines is 1. The van der Waals surface area contributed by atoms with Crippen LogP contribution < -0.4 is 4.90 Å². The highest BCUT2D eigenvalue weighted by atomic mass is 79.9. The van der Waals surface area contributed by atoms with Gasteiger partial charge in [-0.3, -0.25) is 4.79 Å². The predicted molar refractivity (Wildman–Crippen MR) is 124 cm³/mol. The molecule has 1 aromatic heterocycles. The fraction of sp³-hybridized carbons (Fsp3) is 0.167. The van der Waals surface area contributed by atoms with Gasteiger partial charge in [-0.25, -0.2) is 4.98 Å². The molecule has 0 saturated carbocycles. The molecule has 0 N–H and O–H groups in total. The second-order valence-electron chi connectivity index (χ2n) is 7.56. The molecule has 1 amide bonds. The van der Waals surface area contributed by atoms with E-state index in [0.29, 0.717) is 19.5 Å². The van der Waals surface area contributed by atoms with Crippen LogP contribution in [0.3, 0.4) is 0 Å². The van der Waals surface area contributed by atoms with Gasteiger partial charge in [0.1, 0.15) is 5.82 Å². The molecule has 0 bridgehead atoms. The summed E-state index contributed by atoms with van der Waals surface area (Å²) in [6.07, 6.45) is 0.450. The number of hydrogen-bond donors (Lipinski definition) is 0. The Hall–Kier alpha value is -2.63. The van der Waals surface area contributed by atoms with Crippen molar-refractivity contribution in [1.29, 1.82) is 0 Å². The van der Waals surface area contributed by atoms with Crippen molar-refractivity contribution in [3.8, 4) is 0 Å². The molecule has 4 aromatic rings. The lowest BCUT2D eigenvalue weighted by molar-refractivity contribution is -0.117. The molecular formula is C24H19BrClN3O. The molecule has 5 rings (SSSR count). The van der Waals surface area contributed by atoms with Crippen molar-refractivity contribution in [3.63, 3.8) is 0 Å². The largest absolute Gasteiger partial charge is 0.323 e. The van der Waals surface area contributed by atoms with Crippen LogP contribution in [-0.4, -0.2) is 22.0 Å². The molecule has 0 radical (unpaired) electrons. The minimum Gasteiger partial charge on any atom is -0.323 e. The molecule has 6 heteroatoms. The minimum absolute atomic E-state index is 0.0306. The van der Waals surface area contributed by atoms with E-state index in [1.807, 2.05) is 65.6 Å². The summed E-state index contributed by atoms with van der Waals surface area (Å²) in [4.78, 5) is 19.7. The molecule has 3 aromatic carbocycles. The maximum Gasteiger partial charge on any atom is 0.227 e. The van der Waals surface area contributed by atoms with Crippen LogP contribution in [0.5, 0.6) is 0 Å². The maximum absolute atomic E-state index is 12.9. The molecule has 1 saturated heterocycles. The predicted octanol–water partition coefficient (Wildman–Crippen LogP) is 6.02. The Morgan fingerprint density at radius 2 is 1.87 bits per heavy atom. The van der Waals surface area contributed by atoms with E-state index in [4.69, 9.17) is 16.6 Å². The van der Waals surface area contributed by atoms with Gasteiger partial charge in [-0.1, -0.05) is 57.9 Å². The summed E-state index contributed by atoms with van der Waals surface area (Å²) in [5.41, 5.74) is 4.04. The van der Waals surface area contributed by atoms with E-state index in [2.05, 4.69) is 32.6 Å². The number of carbonyl (C=O) groups is 1. The van der Waals surface area contributed by atoms with Crippen LogP contribution in [0.25, 0.3) is 11.0 Å². The van der Waals surface area contributed by atoms with Crippen molar-refractivity contribution < 1.29 is 4.79 Å². The second kappa shape index (κ2) is 7.89. The monoisotopic (exact) mass is 479 g/mol. The summed E-state index contributed by atoms with van der Waals surface area (Å²) < 4.78 is 3.19. The average Bonchev–Trinajstić information content (AvgIpc) is 3.29. The summed E-state index contributed by atoms with van der Waals surface area (Å²) >= 11 is 9.71. The number of para-hydroxylation sites is 2. The van der Waals surface area contributed by atoms with Crippen molar-refractivity contribution >= 4 is 50.2 Å². The van der Waals surface area contributed by atoms with Gasteiger partial charge in [0.2, 0.25) is 5.91 Å². The number of amides is 1. The average molecular weight is 481 g/mol. The minimum atomic E-state index is 0.0306. The molecule has 0 aliphatic carbocycles. The number of imidazole rings is 1. The Morgan fingerprint density at radius 1 is 1.03 bits per heavy atom. The van der Waals surface area contributed by atoms with Crippen molar-refractivity contribution in [1.82, 2.24) is 9.55 Å². The number of carbonyl (C=O) groups excluding carboxylic acids is 1. The summed E-state index contributed by atoms with van der Waals surface area (Å²) in [6.45, 7) is 1.28. The third-order valence-electron chi connectivity index (χ3n) is 5.52. The summed E-state index contributed by atoms with van der Waals surface area (Å²) in [5.74, 6) is 1.10. The topological polar surface area (TPSA) is 38.1 Å². The smallest absolute Gasteiger partial charge is 0.227 e. The van der Waals surface area contributed by atoms with Crippen molar-refractivity contribution in [3.05, 3.63) is 93.7 Å². The van der Waals surface area contributed by atoms with Crippen LogP contribution in [0.1, 0.15) is 23.7 Å². The summed E-state index contributed by atoms with van der Waals surface area (Å²) in [6, 6.07) is 23.9. The Bertz CT molecular complexity index is 1250. The molecule has 1 atom stereocenters. The zero-order valence-corrected chi connectivity index (χ0v) is 18.5. The van der Waals surface area contributed by atoms with E-state index >= 15 is 0 Å². The first-order chi connectivity index (χ1) is 14.6. The lowest BCUT2D eigenvalue weighted by Crippen LogP contribution is -2.24. The Kier molecular flexibility index (Phi) is 5.09. The molecule has 150 valence electrons. The van der Waals surface area contributed by atoms with Crippen LogP contribution >= 0.6 is 27.5 Å². The number of halogens is 2. The summed E-state index contributed by atoms with van der Waals surface area (Å²) in [5, 5.41) is 0.718. The van der Waals surface area contributed by atoms with Gasteiger partial charge in [-0.05, 0) is 48.0 Å². The molecule has 30 heavy (non-hydrogen) atoms. The summed E-state index contributed by atoms with van der Waals surface area (Å²) in [7, 11) is 0. The van der Waals surface area contributed by atoms with Crippen LogP contribution in [0.15, 0.2) is 77.3 Å². The lowest BCUT2D eigenvalue weighted by Gasteiger charge is -2.18. The van der Waals surface area contributed by atoms with E-state index in [0.717, 1.165) is 37.6 Å². The van der Waals surface area contributed by atoms with Gasteiger partial charge in [-0.2, -0.15) is 0 Å². The molecule has 4 nitrogen and oxygen atoms in total. The molecule has 2 heterocycles. The standard InChI is InChI=1S/C24H19BrClN3O/c25-18-6-4-8-20(13-18)28-15-17(12-23(28)30)24-27-21-9-1-2-10-22(21)29(24)14-16-5-3-7-19(26)11-16/h1-11,13,17H,12,14-15H2. The molecule has 0 spiro atoms. The van der Waals surface area contributed by atoms with Crippen molar-refractivity contribution in [2.24, 2.45) is 0 Å². The fourth-order valence-corrected chi connectivity index (χ4v) is 4.76. The van der Waals surface area contributed by atoms with Crippen LogP contribution in [0, 0.1) is 0 Å². The molecule has 1 aliphatic rings. The zero-order valence-electron chi connectivity index (χ0n) is 16.1. The van der Waals surface area contributed by atoms with Gasteiger partial charge >= 0.3 is 0 Å². The second-order valence-corrected chi connectivity index (χ2v) is 8.91. The third kappa shape index (κ3) is 3.64. The molecule has 1 fully saturated rings. The highest BCUT2D eigenvalue weighted by molar-refractivity contribution is 9.10. The Labute approximate surface area is 188 Å². The number of hydrogen-bond acceptors (Lipinski definition) is 2.